The Bertz CT molecular complexity index is 281. The van der Waals surface area contributed by atoms with Gasteiger partial charge in [0.1, 0.15) is 0 Å². The van der Waals surface area contributed by atoms with E-state index in [0.717, 1.165) is 6.54 Å². The summed E-state index contributed by atoms with van der Waals surface area (Å²) in [5, 5.41) is 3.23. The maximum atomic E-state index is 5.43. The van der Waals surface area contributed by atoms with Crippen LogP contribution in [0.2, 0.25) is 0 Å². The van der Waals surface area contributed by atoms with Gasteiger partial charge in [0.2, 0.25) is 5.91 Å². The molecule has 1 aromatic rings. The quantitative estimate of drug-likeness (QED) is 0.789. The Morgan fingerprint density at radius 2 is 1.86 bits per heavy atom. The Labute approximate surface area is 84.0 Å². The lowest BCUT2D eigenvalue weighted by Crippen LogP contribution is -2.42. The van der Waals surface area contributed by atoms with Crippen LogP contribution in [-0.4, -0.2) is 19.1 Å². The topological polar surface area (TPSA) is 30.5 Å². The first-order valence-electron chi connectivity index (χ1n) is 4.85. The fraction of sp³-hybridized carbons (Fsp3) is 0.455. The Balaban J connectivity index is 1.88. The predicted molar refractivity (Wildman–Crippen MR) is 53.6 cm³/mol. The standard InChI is InChI=1S/C11H15NO2/c1-11(13-7-8-14-11)12-9-10-5-3-2-4-6-10/h2-6,12H,7-9H2,1H3. The third-order valence-electron chi connectivity index (χ3n) is 2.29. The van der Waals surface area contributed by atoms with Gasteiger partial charge in [-0.15, -0.1) is 0 Å². The van der Waals surface area contributed by atoms with Crippen molar-refractivity contribution in [1.82, 2.24) is 5.32 Å². The molecule has 0 radical (unpaired) electrons. The molecule has 0 aliphatic carbocycles. The van der Waals surface area contributed by atoms with Crippen LogP contribution in [0.15, 0.2) is 30.3 Å². The van der Waals surface area contributed by atoms with Gasteiger partial charge in [0, 0.05) is 13.5 Å². The number of benzene rings is 1. The van der Waals surface area contributed by atoms with Crippen LogP contribution in [0.3, 0.4) is 0 Å². The fourth-order valence-corrected chi connectivity index (χ4v) is 1.48. The summed E-state index contributed by atoms with van der Waals surface area (Å²) >= 11 is 0. The molecule has 0 aromatic heterocycles. The Morgan fingerprint density at radius 1 is 1.21 bits per heavy atom. The van der Waals surface area contributed by atoms with Gasteiger partial charge in [0.25, 0.3) is 0 Å². The molecule has 0 saturated carbocycles. The SMILES string of the molecule is CC1(NCc2ccccc2)OCCO1. The molecule has 1 aliphatic rings. The molecule has 0 unspecified atom stereocenters. The first kappa shape index (κ1) is 9.65. The average molecular weight is 193 g/mol. The van der Waals surface area contributed by atoms with E-state index in [1.54, 1.807) is 0 Å². The molecular weight excluding hydrogens is 178 g/mol. The predicted octanol–water partition coefficient (Wildman–Crippen LogP) is 1.50. The van der Waals surface area contributed by atoms with Crippen molar-refractivity contribution in [3.8, 4) is 0 Å². The lowest BCUT2D eigenvalue weighted by Gasteiger charge is -2.23. The molecule has 14 heavy (non-hydrogen) atoms. The third kappa shape index (κ3) is 2.32. The molecule has 3 nitrogen and oxygen atoms in total. The van der Waals surface area contributed by atoms with Gasteiger partial charge in [-0.05, 0) is 5.56 Å². The van der Waals surface area contributed by atoms with Crippen LogP contribution in [0.4, 0.5) is 0 Å². The van der Waals surface area contributed by atoms with E-state index < -0.39 is 5.91 Å². The maximum absolute atomic E-state index is 5.43. The molecule has 0 spiro atoms. The number of hydrogen-bond acceptors (Lipinski definition) is 3. The minimum Gasteiger partial charge on any atom is -0.335 e. The van der Waals surface area contributed by atoms with E-state index in [1.807, 2.05) is 25.1 Å². The van der Waals surface area contributed by atoms with Crippen LogP contribution >= 0.6 is 0 Å². The zero-order chi connectivity index (χ0) is 9.86. The molecular formula is C11H15NO2. The van der Waals surface area contributed by atoms with Crippen LogP contribution < -0.4 is 5.32 Å². The van der Waals surface area contributed by atoms with Crippen LogP contribution in [0.1, 0.15) is 12.5 Å². The lowest BCUT2D eigenvalue weighted by atomic mass is 10.2. The second-order valence-corrected chi connectivity index (χ2v) is 3.48. The zero-order valence-corrected chi connectivity index (χ0v) is 8.32. The summed E-state index contributed by atoms with van der Waals surface area (Å²) in [6, 6.07) is 10.2. The van der Waals surface area contributed by atoms with Gasteiger partial charge in [-0.3, -0.25) is 5.32 Å². The van der Waals surface area contributed by atoms with Crippen molar-refractivity contribution >= 4 is 0 Å². The van der Waals surface area contributed by atoms with Crippen molar-refractivity contribution in [2.45, 2.75) is 19.4 Å². The zero-order valence-electron chi connectivity index (χ0n) is 8.32. The van der Waals surface area contributed by atoms with E-state index in [-0.39, 0.29) is 0 Å². The van der Waals surface area contributed by atoms with Crippen molar-refractivity contribution in [2.24, 2.45) is 0 Å². The average Bonchev–Trinajstić information content (AvgIpc) is 2.65. The van der Waals surface area contributed by atoms with Crippen molar-refractivity contribution in [3.63, 3.8) is 0 Å². The van der Waals surface area contributed by atoms with Crippen molar-refractivity contribution in [3.05, 3.63) is 35.9 Å². The van der Waals surface area contributed by atoms with Crippen molar-refractivity contribution in [2.75, 3.05) is 13.2 Å². The molecule has 76 valence electrons. The highest BCUT2D eigenvalue weighted by Crippen LogP contribution is 2.15. The first-order valence-corrected chi connectivity index (χ1v) is 4.85. The number of ether oxygens (including phenoxy) is 2. The summed E-state index contributed by atoms with van der Waals surface area (Å²) in [7, 11) is 0. The van der Waals surface area contributed by atoms with Crippen LogP contribution in [0, 0.1) is 0 Å². The maximum Gasteiger partial charge on any atom is 0.224 e. The summed E-state index contributed by atoms with van der Waals surface area (Å²) in [5.41, 5.74) is 1.23. The number of hydrogen-bond donors (Lipinski definition) is 1. The molecule has 1 N–H and O–H groups in total. The van der Waals surface area contributed by atoms with Gasteiger partial charge in [-0.25, -0.2) is 0 Å². The van der Waals surface area contributed by atoms with Crippen LogP contribution in [0.5, 0.6) is 0 Å². The molecule has 1 aliphatic heterocycles. The molecule has 2 rings (SSSR count). The smallest absolute Gasteiger partial charge is 0.224 e. The lowest BCUT2D eigenvalue weighted by molar-refractivity contribution is -0.167. The fourth-order valence-electron chi connectivity index (χ4n) is 1.48. The minimum absolute atomic E-state index is 0.601. The molecule has 0 bridgehead atoms. The third-order valence-corrected chi connectivity index (χ3v) is 2.29. The molecule has 3 heteroatoms. The van der Waals surface area contributed by atoms with E-state index in [0.29, 0.717) is 13.2 Å². The monoisotopic (exact) mass is 193 g/mol. The van der Waals surface area contributed by atoms with Gasteiger partial charge in [0.05, 0.1) is 13.2 Å². The van der Waals surface area contributed by atoms with Gasteiger partial charge >= 0.3 is 0 Å². The summed E-state index contributed by atoms with van der Waals surface area (Å²) in [5.74, 6) is -0.601. The van der Waals surface area contributed by atoms with E-state index in [9.17, 15) is 0 Å². The molecule has 0 amide bonds. The second kappa shape index (κ2) is 4.09. The highest BCUT2D eigenvalue weighted by molar-refractivity contribution is 5.14. The second-order valence-electron chi connectivity index (χ2n) is 3.48. The molecule has 1 saturated heterocycles. The molecule has 1 aromatic carbocycles. The molecule has 0 atom stereocenters. The highest BCUT2D eigenvalue weighted by Gasteiger charge is 2.29. The van der Waals surface area contributed by atoms with Crippen LogP contribution in [0.25, 0.3) is 0 Å². The number of nitrogens with one attached hydrogen (secondary N) is 1. The number of rotatable bonds is 3. The van der Waals surface area contributed by atoms with Gasteiger partial charge in [-0.2, -0.15) is 0 Å². The minimum atomic E-state index is -0.601. The Hall–Kier alpha value is -0.900. The molecule has 1 heterocycles. The Kier molecular flexibility index (Phi) is 2.82. The van der Waals surface area contributed by atoms with E-state index >= 15 is 0 Å². The van der Waals surface area contributed by atoms with Crippen molar-refractivity contribution < 1.29 is 9.47 Å². The Morgan fingerprint density at radius 3 is 2.50 bits per heavy atom. The van der Waals surface area contributed by atoms with Gasteiger partial charge < -0.3 is 9.47 Å². The highest BCUT2D eigenvalue weighted by atomic mass is 16.8. The van der Waals surface area contributed by atoms with E-state index in [2.05, 4.69) is 17.4 Å². The molecule has 1 fully saturated rings. The summed E-state index contributed by atoms with van der Waals surface area (Å²) in [4.78, 5) is 0. The first-order chi connectivity index (χ1) is 6.79. The van der Waals surface area contributed by atoms with E-state index in [4.69, 9.17) is 9.47 Å². The summed E-state index contributed by atoms with van der Waals surface area (Å²) < 4.78 is 10.9. The van der Waals surface area contributed by atoms with Crippen LogP contribution in [-0.2, 0) is 16.0 Å². The largest absolute Gasteiger partial charge is 0.335 e. The summed E-state index contributed by atoms with van der Waals surface area (Å²) in [6.07, 6.45) is 0. The van der Waals surface area contributed by atoms with E-state index in [1.165, 1.54) is 5.56 Å². The summed E-state index contributed by atoms with van der Waals surface area (Å²) in [6.45, 7) is 4.00. The normalized spacial score (nSPS) is 19.8. The van der Waals surface area contributed by atoms with Gasteiger partial charge in [0.15, 0.2) is 0 Å². The van der Waals surface area contributed by atoms with Crippen molar-refractivity contribution in [1.29, 1.82) is 0 Å². The van der Waals surface area contributed by atoms with Gasteiger partial charge in [-0.1, -0.05) is 30.3 Å².